The summed E-state index contributed by atoms with van der Waals surface area (Å²) in [6.45, 7) is 6.26. The molecule has 0 saturated carbocycles. The van der Waals surface area contributed by atoms with E-state index >= 15 is 0 Å². The van der Waals surface area contributed by atoms with E-state index in [9.17, 15) is 14.1 Å². The van der Waals surface area contributed by atoms with Crippen LogP contribution in [-0.2, 0) is 16.3 Å². The number of hydrogen-bond donors (Lipinski definition) is 3. The third-order valence-electron chi connectivity index (χ3n) is 5.17. The van der Waals surface area contributed by atoms with Gasteiger partial charge in [-0.25, -0.2) is 23.3 Å². The summed E-state index contributed by atoms with van der Waals surface area (Å²) in [4.78, 5) is 23.4. The molecule has 1 aromatic carbocycles. The van der Waals surface area contributed by atoms with Crippen LogP contribution in [0.5, 0.6) is 0 Å². The summed E-state index contributed by atoms with van der Waals surface area (Å²) in [7, 11) is -1.56. The number of imidazole rings is 1. The first-order valence-corrected chi connectivity index (χ1v) is 11.8. The number of fused-ring (bicyclic) bond motifs is 1. The molecule has 0 fully saturated rings. The smallest absolute Gasteiger partial charge is 0.333 e. The van der Waals surface area contributed by atoms with Crippen molar-refractivity contribution in [1.29, 1.82) is 4.78 Å². The molecule has 2 unspecified atom stereocenters. The number of aromatic nitrogens is 4. The van der Waals surface area contributed by atoms with Gasteiger partial charge in [0.25, 0.3) is 0 Å². The molecule has 3 rings (SSSR count). The number of hydrogen-bond acceptors (Lipinski definition) is 8. The van der Waals surface area contributed by atoms with E-state index in [0.717, 1.165) is 22.1 Å². The number of benzene rings is 1. The number of rotatable bonds is 8. The summed E-state index contributed by atoms with van der Waals surface area (Å²) >= 11 is 0. The highest BCUT2D eigenvalue weighted by atomic mass is 32.2. The molecular weight excluding hydrogens is 418 g/mol. The summed E-state index contributed by atoms with van der Waals surface area (Å²) in [5.41, 5.74) is 7.87. The third-order valence-corrected chi connectivity index (χ3v) is 6.76. The molecule has 10 nitrogen and oxygen atoms in total. The van der Waals surface area contributed by atoms with Crippen molar-refractivity contribution in [2.24, 2.45) is 0 Å². The molecule has 0 aliphatic heterocycles. The summed E-state index contributed by atoms with van der Waals surface area (Å²) in [5, 5.41) is 10.7. The van der Waals surface area contributed by atoms with E-state index in [2.05, 4.69) is 9.97 Å². The van der Waals surface area contributed by atoms with Gasteiger partial charge < -0.3 is 10.8 Å². The predicted molar refractivity (Wildman–Crippen MR) is 120 cm³/mol. The van der Waals surface area contributed by atoms with E-state index in [-0.39, 0.29) is 34.4 Å². The van der Waals surface area contributed by atoms with Gasteiger partial charge in [0, 0.05) is 12.3 Å². The molecule has 3 aromatic rings. The van der Waals surface area contributed by atoms with Gasteiger partial charge in [-0.15, -0.1) is 0 Å². The molecule has 2 atom stereocenters. The van der Waals surface area contributed by atoms with Crippen LogP contribution in [0.4, 0.5) is 5.82 Å². The first-order chi connectivity index (χ1) is 14.6. The number of nitrogen functional groups attached to an aromatic ring is 1. The van der Waals surface area contributed by atoms with Gasteiger partial charge in [0.15, 0.2) is 17.8 Å². The standard InChI is InChI=1S/C20H29N7O3S/c1-5-11-25(4)19(28)27-15-16(21)23-18(31(22,30)6-2)24-17(15)26(20(27)29)12-14-9-7-13(3)8-10-14/h7-10,19,22,28H,5-6,11-12H2,1-4H3,(H2,21,23,24). The molecule has 0 amide bonds. The van der Waals surface area contributed by atoms with Crippen molar-refractivity contribution in [3.05, 3.63) is 45.9 Å². The van der Waals surface area contributed by atoms with Crippen LogP contribution in [0.3, 0.4) is 0 Å². The number of aliphatic hydroxyl groups excluding tert-OH is 1. The van der Waals surface area contributed by atoms with E-state index in [1.54, 1.807) is 18.9 Å². The summed E-state index contributed by atoms with van der Waals surface area (Å²) in [6, 6.07) is 7.67. The fourth-order valence-corrected chi connectivity index (χ4v) is 4.09. The van der Waals surface area contributed by atoms with Crippen molar-refractivity contribution >= 4 is 26.7 Å². The van der Waals surface area contributed by atoms with Crippen LogP contribution >= 0.6 is 0 Å². The second-order valence-electron chi connectivity index (χ2n) is 7.58. The van der Waals surface area contributed by atoms with Gasteiger partial charge >= 0.3 is 5.69 Å². The zero-order valence-electron chi connectivity index (χ0n) is 18.2. The Labute approximate surface area is 181 Å². The topological polar surface area (TPSA) is 143 Å². The van der Waals surface area contributed by atoms with Gasteiger partial charge in [0.1, 0.15) is 15.2 Å². The Hall–Kier alpha value is -2.76. The van der Waals surface area contributed by atoms with Crippen molar-refractivity contribution in [3.63, 3.8) is 0 Å². The maximum absolute atomic E-state index is 13.4. The molecule has 31 heavy (non-hydrogen) atoms. The van der Waals surface area contributed by atoms with Gasteiger partial charge in [0.05, 0.1) is 6.54 Å². The van der Waals surface area contributed by atoms with Crippen LogP contribution in [0.1, 0.15) is 37.7 Å². The summed E-state index contributed by atoms with van der Waals surface area (Å²) < 4.78 is 23.2. The Morgan fingerprint density at radius 3 is 2.48 bits per heavy atom. The van der Waals surface area contributed by atoms with Crippen molar-refractivity contribution in [2.75, 3.05) is 25.1 Å². The number of nitrogens with one attached hydrogen (secondary N) is 1. The Kier molecular flexibility index (Phi) is 6.48. The van der Waals surface area contributed by atoms with Gasteiger partial charge in [-0.1, -0.05) is 43.7 Å². The Balaban J connectivity index is 2.30. The van der Waals surface area contributed by atoms with Crippen LogP contribution < -0.4 is 11.4 Å². The number of aryl methyl sites for hydroxylation is 1. The van der Waals surface area contributed by atoms with Gasteiger partial charge in [-0.05, 0) is 26.0 Å². The quantitative estimate of drug-likeness (QED) is 0.352. The number of aliphatic hydroxyl groups is 1. The first-order valence-electron chi connectivity index (χ1n) is 10.1. The molecule has 2 heterocycles. The lowest BCUT2D eigenvalue weighted by atomic mass is 10.1. The summed E-state index contributed by atoms with van der Waals surface area (Å²) in [5.74, 6) is -0.0833. The lowest BCUT2D eigenvalue weighted by Gasteiger charge is -2.23. The lowest BCUT2D eigenvalue weighted by molar-refractivity contribution is -0.0385. The molecule has 0 radical (unpaired) electrons. The zero-order valence-corrected chi connectivity index (χ0v) is 19.0. The van der Waals surface area contributed by atoms with Crippen molar-refractivity contribution < 1.29 is 9.32 Å². The highest BCUT2D eigenvalue weighted by Crippen LogP contribution is 2.24. The van der Waals surface area contributed by atoms with Gasteiger partial charge in [-0.2, -0.15) is 4.98 Å². The van der Waals surface area contributed by atoms with Crippen molar-refractivity contribution in [1.82, 2.24) is 24.0 Å². The molecule has 4 N–H and O–H groups in total. The van der Waals surface area contributed by atoms with Gasteiger partial charge in [0.2, 0.25) is 5.16 Å². The molecular formula is C20H29N7O3S. The van der Waals surface area contributed by atoms with Crippen LogP contribution in [-0.4, -0.2) is 52.7 Å². The maximum Gasteiger partial charge on any atom is 0.333 e. The highest BCUT2D eigenvalue weighted by molar-refractivity contribution is 7.92. The lowest BCUT2D eigenvalue weighted by Crippen LogP contribution is -2.37. The van der Waals surface area contributed by atoms with Gasteiger partial charge in [-0.3, -0.25) is 9.47 Å². The first kappa shape index (κ1) is 22.9. The monoisotopic (exact) mass is 447 g/mol. The molecule has 168 valence electrons. The molecule has 0 bridgehead atoms. The second kappa shape index (κ2) is 8.77. The minimum atomic E-state index is -3.26. The second-order valence-corrected chi connectivity index (χ2v) is 9.87. The number of anilines is 1. The van der Waals surface area contributed by atoms with Crippen molar-refractivity contribution in [3.8, 4) is 0 Å². The Bertz CT molecular complexity index is 1250. The predicted octanol–water partition coefficient (Wildman–Crippen LogP) is 1.75. The summed E-state index contributed by atoms with van der Waals surface area (Å²) in [6.07, 6.45) is -0.504. The normalized spacial score (nSPS) is 14.8. The van der Waals surface area contributed by atoms with E-state index in [1.807, 2.05) is 38.1 Å². The van der Waals surface area contributed by atoms with E-state index < -0.39 is 21.8 Å². The zero-order chi connectivity index (χ0) is 22.9. The highest BCUT2D eigenvalue weighted by Gasteiger charge is 2.27. The van der Waals surface area contributed by atoms with E-state index in [0.29, 0.717) is 6.54 Å². The molecule has 0 aliphatic carbocycles. The minimum absolute atomic E-state index is 0.0166. The van der Waals surface area contributed by atoms with Crippen LogP contribution in [0.15, 0.2) is 34.2 Å². The fraction of sp³-hybridized carbons (Fsp3) is 0.450. The Morgan fingerprint density at radius 1 is 1.26 bits per heavy atom. The maximum atomic E-state index is 13.4. The molecule has 11 heteroatoms. The fourth-order valence-electron chi connectivity index (χ4n) is 3.35. The Morgan fingerprint density at radius 2 is 1.90 bits per heavy atom. The van der Waals surface area contributed by atoms with Crippen LogP contribution in [0.25, 0.3) is 11.2 Å². The van der Waals surface area contributed by atoms with Crippen molar-refractivity contribution in [2.45, 2.75) is 45.2 Å². The van der Waals surface area contributed by atoms with E-state index in [1.165, 1.54) is 4.57 Å². The molecule has 0 spiro atoms. The van der Waals surface area contributed by atoms with E-state index in [4.69, 9.17) is 10.5 Å². The third kappa shape index (κ3) is 4.34. The largest absolute Gasteiger partial charge is 0.382 e. The van der Waals surface area contributed by atoms with Crippen LogP contribution in [0, 0.1) is 11.7 Å². The SMILES string of the molecule is CCCN(C)C(O)n1c(=O)n(Cc2ccc(C)cc2)c2nc(S(=N)(=O)CC)nc(N)c21. The molecule has 2 aromatic heterocycles. The minimum Gasteiger partial charge on any atom is -0.382 e. The van der Waals surface area contributed by atoms with Crippen LogP contribution in [0.2, 0.25) is 0 Å². The number of nitrogens with zero attached hydrogens (tertiary/aromatic N) is 5. The molecule has 0 saturated heterocycles. The number of nitrogens with two attached hydrogens (primary N) is 1. The average Bonchev–Trinajstić information content (AvgIpc) is 3.01. The molecule has 0 aliphatic rings. The average molecular weight is 448 g/mol.